The summed E-state index contributed by atoms with van der Waals surface area (Å²) in [5, 5.41) is 0. The Morgan fingerprint density at radius 3 is 2.56 bits per heavy atom. The van der Waals surface area contributed by atoms with Crippen LogP contribution < -0.4 is 4.18 Å². The number of carbonyl (C=O) groups is 1. The van der Waals surface area contributed by atoms with Gasteiger partial charge in [0.15, 0.2) is 0 Å². The number of carbonyl (C=O) groups excluding carboxylic acids is 1. The zero-order valence-electron chi connectivity index (χ0n) is 15.2. The maximum Gasteiger partial charge on any atom is 0.308 e. The third-order valence-electron chi connectivity index (χ3n) is 3.77. The minimum absolute atomic E-state index is 0.144. The Balaban J connectivity index is 2.22. The number of halogens is 1. The fourth-order valence-corrected chi connectivity index (χ4v) is 2.89. The van der Waals surface area contributed by atoms with Crippen LogP contribution in [-0.2, 0) is 21.4 Å². The maximum absolute atomic E-state index is 13.4. The molecule has 1 amide bonds. The molecule has 2 aromatic rings. The van der Waals surface area contributed by atoms with Gasteiger partial charge in [-0.05, 0) is 42.8 Å². The number of nitrogens with zero attached hydrogens (tertiary/aromatic N) is 1. The summed E-state index contributed by atoms with van der Waals surface area (Å²) in [7, 11) is -2.12. The van der Waals surface area contributed by atoms with Crippen molar-refractivity contribution in [3.63, 3.8) is 0 Å². The quantitative estimate of drug-likeness (QED) is 0.611. The van der Waals surface area contributed by atoms with Crippen LogP contribution in [0.1, 0.15) is 22.8 Å². The topological polar surface area (TPSA) is 72.9 Å². The first-order valence-corrected chi connectivity index (χ1v) is 9.97. The molecule has 0 aliphatic carbocycles. The number of amides is 1. The van der Waals surface area contributed by atoms with E-state index >= 15 is 0 Å². The molecule has 0 unspecified atom stereocenters. The molecule has 0 atom stereocenters. The minimum Gasteiger partial charge on any atom is -0.383 e. The zero-order chi connectivity index (χ0) is 19.9. The van der Waals surface area contributed by atoms with Crippen LogP contribution in [0.15, 0.2) is 48.5 Å². The van der Waals surface area contributed by atoms with Gasteiger partial charge in [0.05, 0.1) is 12.4 Å². The second-order valence-electron chi connectivity index (χ2n) is 5.81. The van der Waals surface area contributed by atoms with Gasteiger partial charge in [-0.15, -0.1) is 0 Å². The lowest BCUT2D eigenvalue weighted by molar-refractivity contribution is 0.0680. The molecule has 2 aromatic carbocycles. The molecule has 8 heteroatoms. The SMILES string of the molecule is CCS(=O)(=O)Oc1cccc(CN(CCOC)C(=O)c2cccc(F)c2)c1. The number of hydrogen-bond acceptors (Lipinski definition) is 5. The second kappa shape index (κ2) is 9.48. The van der Waals surface area contributed by atoms with Crippen LogP contribution in [0, 0.1) is 5.82 Å². The summed E-state index contributed by atoms with van der Waals surface area (Å²) in [5.41, 5.74) is 0.909. The predicted octanol–water partition coefficient (Wildman–Crippen LogP) is 2.84. The zero-order valence-corrected chi connectivity index (χ0v) is 16.0. The molecule has 0 N–H and O–H groups in total. The van der Waals surface area contributed by atoms with E-state index in [9.17, 15) is 17.6 Å². The number of hydrogen-bond donors (Lipinski definition) is 0. The maximum atomic E-state index is 13.4. The summed E-state index contributed by atoms with van der Waals surface area (Å²) >= 11 is 0. The van der Waals surface area contributed by atoms with Gasteiger partial charge in [-0.3, -0.25) is 4.79 Å². The van der Waals surface area contributed by atoms with E-state index in [4.69, 9.17) is 8.92 Å². The van der Waals surface area contributed by atoms with Crippen molar-refractivity contribution in [3.05, 3.63) is 65.5 Å². The van der Waals surface area contributed by atoms with Crippen molar-refractivity contribution in [1.29, 1.82) is 0 Å². The first-order chi connectivity index (χ1) is 12.8. The van der Waals surface area contributed by atoms with E-state index in [1.165, 1.54) is 43.2 Å². The fraction of sp³-hybridized carbons (Fsp3) is 0.316. The first-order valence-electron chi connectivity index (χ1n) is 8.39. The van der Waals surface area contributed by atoms with Gasteiger partial charge < -0.3 is 13.8 Å². The van der Waals surface area contributed by atoms with Crippen molar-refractivity contribution < 1.29 is 26.5 Å². The van der Waals surface area contributed by atoms with Crippen LogP contribution in [0.25, 0.3) is 0 Å². The summed E-state index contributed by atoms with van der Waals surface area (Å²) in [6, 6.07) is 12.0. The highest BCUT2D eigenvalue weighted by atomic mass is 32.2. The van der Waals surface area contributed by atoms with E-state index < -0.39 is 15.9 Å². The number of rotatable bonds is 9. The average molecular weight is 395 g/mol. The van der Waals surface area contributed by atoms with Crippen LogP contribution in [0.4, 0.5) is 4.39 Å². The smallest absolute Gasteiger partial charge is 0.308 e. The van der Waals surface area contributed by atoms with Gasteiger partial charge in [-0.2, -0.15) is 8.42 Å². The third kappa shape index (κ3) is 6.33. The van der Waals surface area contributed by atoms with Crippen LogP contribution in [0.3, 0.4) is 0 Å². The number of methoxy groups -OCH3 is 1. The third-order valence-corrected chi connectivity index (χ3v) is 4.93. The molecule has 0 saturated heterocycles. The van der Waals surface area contributed by atoms with Crippen LogP contribution in [-0.4, -0.2) is 45.2 Å². The second-order valence-corrected chi connectivity index (χ2v) is 7.67. The van der Waals surface area contributed by atoms with Crippen LogP contribution >= 0.6 is 0 Å². The molecule has 0 heterocycles. The normalized spacial score (nSPS) is 11.2. The molecule has 146 valence electrons. The van der Waals surface area contributed by atoms with Crippen LogP contribution in [0.2, 0.25) is 0 Å². The lowest BCUT2D eigenvalue weighted by atomic mass is 10.1. The molecule has 0 spiro atoms. The van der Waals surface area contributed by atoms with Crippen LogP contribution in [0.5, 0.6) is 5.75 Å². The van der Waals surface area contributed by atoms with E-state index in [-0.39, 0.29) is 29.5 Å². The molecule has 0 bridgehead atoms. The monoisotopic (exact) mass is 395 g/mol. The fourth-order valence-electron chi connectivity index (χ4n) is 2.38. The predicted molar refractivity (Wildman–Crippen MR) is 99.5 cm³/mol. The Morgan fingerprint density at radius 1 is 1.15 bits per heavy atom. The van der Waals surface area contributed by atoms with E-state index in [2.05, 4.69) is 0 Å². The van der Waals surface area contributed by atoms with E-state index in [1.807, 2.05) is 0 Å². The molecule has 0 radical (unpaired) electrons. The average Bonchev–Trinajstić information content (AvgIpc) is 2.64. The summed E-state index contributed by atoms with van der Waals surface area (Å²) in [6.45, 7) is 2.29. The van der Waals surface area contributed by atoms with E-state index in [1.54, 1.807) is 24.3 Å². The molecule has 0 fully saturated rings. The van der Waals surface area contributed by atoms with Gasteiger partial charge in [0.1, 0.15) is 11.6 Å². The molecule has 2 rings (SSSR count). The Morgan fingerprint density at radius 2 is 1.89 bits per heavy atom. The van der Waals surface area contributed by atoms with Crippen molar-refractivity contribution in [2.45, 2.75) is 13.5 Å². The highest BCUT2D eigenvalue weighted by Crippen LogP contribution is 2.18. The molecule has 0 saturated carbocycles. The molecule has 0 aliphatic heterocycles. The molecule has 6 nitrogen and oxygen atoms in total. The van der Waals surface area contributed by atoms with Crippen molar-refractivity contribution in [2.24, 2.45) is 0 Å². The van der Waals surface area contributed by atoms with Crippen molar-refractivity contribution in [3.8, 4) is 5.75 Å². The molecule has 0 aliphatic rings. The summed E-state index contributed by atoms with van der Waals surface area (Å²) in [5.74, 6) is -0.805. The molecular weight excluding hydrogens is 373 g/mol. The Labute approximate surface area is 158 Å². The summed E-state index contributed by atoms with van der Waals surface area (Å²) in [4.78, 5) is 14.2. The van der Waals surface area contributed by atoms with Gasteiger partial charge in [-0.25, -0.2) is 4.39 Å². The summed E-state index contributed by atoms with van der Waals surface area (Å²) < 4.78 is 46.8. The van der Waals surface area contributed by atoms with Gasteiger partial charge in [0.25, 0.3) is 5.91 Å². The number of ether oxygens (including phenoxy) is 1. The van der Waals surface area contributed by atoms with Crippen molar-refractivity contribution >= 4 is 16.0 Å². The van der Waals surface area contributed by atoms with Gasteiger partial charge in [0.2, 0.25) is 0 Å². The molecule has 0 aromatic heterocycles. The minimum atomic E-state index is -3.64. The van der Waals surface area contributed by atoms with Gasteiger partial charge in [-0.1, -0.05) is 18.2 Å². The van der Waals surface area contributed by atoms with Crippen molar-refractivity contribution in [1.82, 2.24) is 4.90 Å². The first kappa shape index (κ1) is 20.9. The lowest BCUT2D eigenvalue weighted by Gasteiger charge is -2.23. The standard InChI is InChI=1S/C19H22FNO5S/c1-3-27(23,24)26-18-9-4-6-15(12-18)14-21(10-11-25-2)19(22)16-7-5-8-17(20)13-16/h4-9,12-13H,3,10-11,14H2,1-2H3. The van der Waals surface area contributed by atoms with E-state index in [0.717, 1.165) is 0 Å². The highest BCUT2D eigenvalue weighted by molar-refractivity contribution is 7.87. The Hall–Kier alpha value is -2.45. The molecular formula is C19H22FNO5S. The molecule has 27 heavy (non-hydrogen) atoms. The van der Waals surface area contributed by atoms with Crippen molar-refractivity contribution in [2.75, 3.05) is 26.0 Å². The van der Waals surface area contributed by atoms with Gasteiger partial charge >= 0.3 is 10.1 Å². The number of benzene rings is 2. The summed E-state index contributed by atoms with van der Waals surface area (Å²) in [6.07, 6.45) is 0. The highest BCUT2D eigenvalue weighted by Gasteiger charge is 2.17. The largest absolute Gasteiger partial charge is 0.383 e. The van der Waals surface area contributed by atoms with Gasteiger partial charge in [0, 0.05) is 25.8 Å². The lowest BCUT2D eigenvalue weighted by Crippen LogP contribution is -2.33. The Bertz CT molecular complexity index is 885. The Kier molecular flexibility index (Phi) is 7.32. The van der Waals surface area contributed by atoms with E-state index in [0.29, 0.717) is 18.7 Å².